The number of hydrogen-bond acceptors (Lipinski definition) is 4. The lowest BCUT2D eigenvalue weighted by Crippen LogP contribution is -2.23. The molecule has 1 fully saturated rings. The average molecular weight is 236 g/mol. The molecule has 1 aromatic rings. The van der Waals surface area contributed by atoms with Gasteiger partial charge in [-0.05, 0) is 19.0 Å². The second-order valence-electron chi connectivity index (χ2n) is 4.23. The zero-order valence-corrected chi connectivity index (χ0v) is 9.80. The number of nitrogens with zero attached hydrogens (tertiary/aromatic N) is 2. The minimum Gasteiger partial charge on any atom is -0.481 e. The van der Waals surface area contributed by atoms with E-state index in [1.165, 1.54) is 0 Å². The maximum atomic E-state index is 10.9. The van der Waals surface area contributed by atoms with Crippen LogP contribution in [0.15, 0.2) is 18.3 Å². The second kappa shape index (κ2) is 5.14. The van der Waals surface area contributed by atoms with Gasteiger partial charge < -0.3 is 9.84 Å². The monoisotopic (exact) mass is 236 g/mol. The molecule has 1 aliphatic rings. The molecule has 0 bridgehead atoms. The highest BCUT2D eigenvalue weighted by molar-refractivity contribution is 5.70. The van der Waals surface area contributed by atoms with E-state index in [0.717, 1.165) is 18.5 Å². The lowest BCUT2D eigenvalue weighted by atomic mass is 10.1. The minimum absolute atomic E-state index is 0.238. The standard InChI is InChI=1S/C12H16N2O3/c1-17-11-9(3-2-5-13-11)7-14-6-4-10(8-14)12(15)16/h2-3,5,10H,4,6-8H2,1H3,(H,15,16). The highest BCUT2D eigenvalue weighted by Crippen LogP contribution is 2.22. The van der Waals surface area contributed by atoms with Gasteiger partial charge in [0, 0.05) is 24.8 Å². The molecule has 2 rings (SSSR count). The number of pyridine rings is 1. The molecule has 0 radical (unpaired) electrons. The van der Waals surface area contributed by atoms with Gasteiger partial charge in [-0.25, -0.2) is 4.98 Å². The highest BCUT2D eigenvalue weighted by atomic mass is 16.5. The Morgan fingerprint density at radius 1 is 1.71 bits per heavy atom. The Kier molecular flexibility index (Phi) is 3.58. The Morgan fingerprint density at radius 3 is 3.18 bits per heavy atom. The van der Waals surface area contributed by atoms with Gasteiger partial charge >= 0.3 is 5.97 Å². The van der Waals surface area contributed by atoms with E-state index < -0.39 is 5.97 Å². The first-order chi connectivity index (χ1) is 8.20. The van der Waals surface area contributed by atoms with Crippen LogP contribution in [0.3, 0.4) is 0 Å². The van der Waals surface area contributed by atoms with Gasteiger partial charge in [-0.3, -0.25) is 9.69 Å². The van der Waals surface area contributed by atoms with Gasteiger partial charge in [0.25, 0.3) is 0 Å². The number of carbonyl (C=O) groups is 1. The summed E-state index contributed by atoms with van der Waals surface area (Å²) in [4.78, 5) is 17.1. The molecule has 2 heterocycles. The van der Waals surface area contributed by atoms with Crippen molar-refractivity contribution in [3.8, 4) is 5.88 Å². The molecule has 5 nitrogen and oxygen atoms in total. The third-order valence-corrected chi connectivity index (χ3v) is 3.06. The predicted molar refractivity (Wildman–Crippen MR) is 61.8 cm³/mol. The Bertz CT molecular complexity index is 408. The summed E-state index contributed by atoms with van der Waals surface area (Å²) in [6, 6.07) is 3.82. The Labute approximate surface area is 100 Å². The number of ether oxygens (including phenoxy) is 1. The van der Waals surface area contributed by atoms with Crippen molar-refractivity contribution in [3.63, 3.8) is 0 Å². The summed E-state index contributed by atoms with van der Waals surface area (Å²) in [6.07, 6.45) is 2.41. The van der Waals surface area contributed by atoms with Crippen LogP contribution in [0.1, 0.15) is 12.0 Å². The van der Waals surface area contributed by atoms with Crippen molar-refractivity contribution >= 4 is 5.97 Å². The molecular weight excluding hydrogens is 220 g/mol. The number of aromatic nitrogens is 1. The van der Waals surface area contributed by atoms with Gasteiger partial charge in [-0.2, -0.15) is 0 Å². The maximum absolute atomic E-state index is 10.9. The zero-order chi connectivity index (χ0) is 12.3. The summed E-state index contributed by atoms with van der Waals surface area (Å²) in [5, 5.41) is 8.93. The first-order valence-electron chi connectivity index (χ1n) is 5.63. The van der Waals surface area contributed by atoms with Crippen molar-refractivity contribution < 1.29 is 14.6 Å². The average Bonchev–Trinajstić information content (AvgIpc) is 2.78. The van der Waals surface area contributed by atoms with E-state index in [0.29, 0.717) is 19.0 Å². The summed E-state index contributed by atoms with van der Waals surface area (Å²) in [5.41, 5.74) is 1.00. The zero-order valence-electron chi connectivity index (χ0n) is 9.80. The quantitative estimate of drug-likeness (QED) is 0.844. The van der Waals surface area contributed by atoms with Crippen molar-refractivity contribution in [2.45, 2.75) is 13.0 Å². The molecule has 1 N–H and O–H groups in total. The minimum atomic E-state index is -0.703. The molecule has 1 aromatic heterocycles. The normalized spacial score (nSPS) is 20.4. The van der Waals surface area contributed by atoms with Crippen LogP contribution in [0.25, 0.3) is 0 Å². The van der Waals surface area contributed by atoms with Gasteiger partial charge in [0.1, 0.15) is 0 Å². The smallest absolute Gasteiger partial charge is 0.307 e. The van der Waals surface area contributed by atoms with Gasteiger partial charge in [-0.1, -0.05) is 6.07 Å². The van der Waals surface area contributed by atoms with E-state index in [9.17, 15) is 4.79 Å². The fourth-order valence-electron chi connectivity index (χ4n) is 2.15. The van der Waals surface area contributed by atoms with E-state index in [1.54, 1.807) is 13.3 Å². The first kappa shape index (κ1) is 11.9. The Morgan fingerprint density at radius 2 is 2.53 bits per heavy atom. The number of likely N-dealkylation sites (tertiary alicyclic amines) is 1. The molecule has 0 saturated carbocycles. The van der Waals surface area contributed by atoms with Gasteiger partial charge in [0.2, 0.25) is 5.88 Å². The predicted octanol–water partition coefficient (Wildman–Crippen LogP) is 0.997. The molecule has 5 heteroatoms. The molecule has 0 aromatic carbocycles. The first-order valence-corrected chi connectivity index (χ1v) is 5.63. The number of carboxylic acids is 1. The third-order valence-electron chi connectivity index (χ3n) is 3.06. The second-order valence-corrected chi connectivity index (χ2v) is 4.23. The fourth-order valence-corrected chi connectivity index (χ4v) is 2.15. The number of carboxylic acid groups (broad SMARTS) is 1. The van der Waals surface area contributed by atoms with Crippen LogP contribution in [0.5, 0.6) is 5.88 Å². The van der Waals surface area contributed by atoms with Crippen LogP contribution in [0.2, 0.25) is 0 Å². The van der Waals surface area contributed by atoms with Crippen molar-refractivity contribution in [3.05, 3.63) is 23.9 Å². The highest BCUT2D eigenvalue weighted by Gasteiger charge is 2.28. The number of aliphatic carboxylic acids is 1. The van der Waals surface area contributed by atoms with Crippen molar-refractivity contribution in [1.82, 2.24) is 9.88 Å². The molecular formula is C12H16N2O3. The van der Waals surface area contributed by atoms with E-state index in [2.05, 4.69) is 9.88 Å². The van der Waals surface area contributed by atoms with Crippen molar-refractivity contribution in [2.24, 2.45) is 5.92 Å². The Hall–Kier alpha value is -1.62. The van der Waals surface area contributed by atoms with E-state index in [4.69, 9.17) is 9.84 Å². The molecule has 0 amide bonds. The molecule has 1 atom stereocenters. The van der Waals surface area contributed by atoms with Crippen LogP contribution >= 0.6 is 0 Å². The van der Waals surface area contributed by atoms with E-state index >= 15 is 0 Å². The number of methoxy groups -OCH3 is 1. The summed E-state index contributed by atoms with van der Waals surface area (Å²) < 4.78 is 5.18. The topological polar surface area (TPSA) is 62.7 Å². The van der Waals surface area contributed by atoms with E-state index in [-0.39, 0.29) is 5.92 Å². The molecule has 92 valence electrons. The Balaban J connectivity index is 2.00. The third kappa shape index (κ3) is 2.74. The van der Waals surface area contributed by atoms with Crippen LogP contribution < -0.4 is 4.74 Å². The largest absolute Gasteiger partial charge is 0.481 e. The SMILES string of the molecule is COc1ncccc1CN1CCC(C(=O)O)C1. The van der Waals surface area contributed by atoms with Gasteiger partial charge in [0.15, 0.2) is 0 Å². The van der Waals surface area contributed by atoms with Crippen molar-refractivity contribution in [1.29, 1.82) is 0 Å². The van der Waals surface area contributed by atoms with Crippen LogP contribution in [-0.4, -0.2) is 41.2 Å². The van der Waals surface area contributed by atoms with E-state index in [1.807, 2.05) is 12.1 Å². The van der Waals surface area contributed by atoms with Crippen LogP contribution in [-0.2, 0) is 11.3 Å². The van der Waals surface area contributed by atoms with Gasteiger partial charge in [-0.15, -0.1) is 0 Å². The fraction of sp³-hybridized carbons (Fsp3) is 0.500. The van der Waals surface area contributed by atoms with Crippen LogP contribution in [0.4, 0.5) is 0 Å². The molecule has 0 aliphatic carbocycles. The molecule has 1 saturated heterocycles. The molecule has 0 spiro atoms. The lowest BCUT2D eigenvalue weighted by molar-refractivity contribution is -0.141. The molecule has 17 heavy (non-hydrogen) atoms. The number of hydrogen-bond donors (Lipinski definition) is 1. The molecule has 1 unspecified atom stereocenters. The van der Waals surface area contributed by atoms with Gasteiger partial charge in [0.05, 0.1) is 13.0 Å². The molecule has 1 aliphatic heterocycles. The summed E-state index contributed by atoms with van der Waals surface area (Å²) in [6.45, 7) is 2.11. The number of rotatable bonds is 4. The summed E-state index contributed by atoms with van der Waals surface area (Å²) in [7, 11) is 1.59. The maximum Gasteiger partial charge on any atom is 0.307 e. The summed E-state index contributed by atoms with van der Waals surface area (Å²) in [5.74, 6) is -0.324. The lowest BCUT2D eigenvalue weighted by Gasteiger charge is -2.16. The van der Waals surface area contributed by atoms with Crippen molar-refractivity contribution in [2.75, 3.05) is 20.2 Å². The summed E-state index contributed by atoms with van der Waals surface area (Å²) >= 11 is 0. The van der Waals surface area contributed by atoms with Crippen LogP contribution in [0, 0.1) is 5.92 Å².